The number of aliphatic hydroxyl groups is 1. The number of aliphatic hydroxyl groups excluding tert-OH is 1. The Labute approximate surface area is 179 Å². The molecule has 5 nitrogen and oxygen atoms in total. The van der Waals surface area contributed by atoms with E-state index in [1.165, 1.54) is 24.1 Å². The summed E-state index contributed by atoms with van der Waals surface area (Å²) in [6.45, 7) is 4.23. The lowest BCUT2D eigenvalue weighted by atomic mass is 9.94. The zero-order valence-corrected chi connectivity index (χ0v) is 17.8. The molecule has 0 saturated carbocycles. The van der Waals surface area contributed by atoms with Crippen molar-refractivity contribution >= 4 is 40.7 Å². The molecule has 0 aromatic heterocycles. The van der Waals surface area contributed by atoms with E-state index in [9.17, 15) is 14.7 Å². The molecule has 0 radical (unpaired) electrons. The molecule has 3 rings (SSSR count). The van der Waals surface area contributed by atoms with E-state index >= 15 is 0 Å². The first-order valence-corrected chi connectivity index (χ1v) is 9.94. The van der Waals surface area contributed by atoms with Crippen molar-refractivity contribution in [1.82, 2.24) is 4.90 Å². The van der Waals surface area contributed by atoms with Gasteiger partial charge in [0, 0.05) is 11.6 Å². The highest BCUT2D eigenvalue weighted by molar-refractivity contribution is 6.46. The molecular formula is C22H21Cl2NO4. The minimum Gasteiger partial charge on any atom is -0.507 e. The molecule has 1 aliphatic heterocycles. The van der Waals surface area contributed by atoms with E-state index in [1.807, 2.05) is 38.1 Å². The predicted octanol–water partition coefficient (Wildman–Crippen LogP) is 5.14. The lowest BCUT2D eigenvalue weighted by Gasteiger charge is -2.25. The van der Waals surface area contributed by atoms with E-state index in [0.29, 0.717) is 13.0 Å². The van der Waals surface area contributed by atoms with E-state index in [-0.39, 0.29) is 32.7 Å². The normalized spacial score (nSPS) is 18.4. The lowest BCUT2D eigenvalue weighted by Crippen LogP contribution is -2.30. The molecule has 0 bridgehead atoms. The Morgan fingerprint density at radius 2 is 1.93 bits per heavy atom. The number of rotatable bonds is 5. The molecule has 2 aromatic rings. The van der Waals surface area contributed by atoms with Gasteiger partial charge in [0.1, 0.15) is 11.5 Å². The van der Waals surface area contributed by atoms with Gasteiger partial charge in [-0.1, -0.05) is 60.0 Å². The van der Waals surface area contributed by atoms with Crippen molar-refractivity contribution in [3.8, 4) is 5.75 Å². The van der Waals surface area contributed by atoms with E-state index in [2.05, 4.69) is 0 Å². The Morgan fingerprint density at radius 1 is 1.21 bits per heavy atom. The Hall–Kier alpha value is -2.50. The van der Waals surface area contributed by atoms with Crippen LogP contribution in [0.3, 0.4) is 0 Å². The maximum absolute atomic E-state index is 12.9. The number of carbonyl (C=O) groups excluding carboxylic acids is 2. The molecule has 29 heavy (non-hydrogen) atoms. The van der Waals surface area contributed by atoms with Crippen LogP contribution in [-0.2, 0) is 9.59 Å². The highest BCUT2D eigenvalue weighted by Crippen LogP contribution is 2.43. The van der Waals surface area contributed by atoms with Gasteiger partial charge in [-0.3, -0.25) is 9.59 Å². The van der Waals surface area contributed by atoms with E-state index in [4.69, 9.17) is 27.9 Å². The van der Waals surface area contributed by atoms with Gasteiger partial charge in [0.15, 0.2) is 0 Å². The summed E-state index contributed by atoms with van der Waals surface area (Å²) < 4.78 is 5.31. The number of likely N-dealkylation sites (tertiary alicyclic amines) is 1. The smallest absolute Gasteiger partial charge is 0.295 e. The van der Waals surface area contributed by atoms with Gasteiger partial charge in [-0.2, -0.15) is 0 Å². The second-order valence-electron chi connectivity index (χ2n) is 6.88. The third kappa shape index (κ3) is 3.85. The third-order valence-corrected chi connectivity index (χ3v) is 5.33. The van der Waals surface area contributed by atoms with Crippen LogP contribution in [0.2, 0.25) is 10.0 Å². The minimum atomic E-state index is -0.749. The molecule has 1 N–H and O–H groups in total. The molecule has 2 aromatic carbocycles. The molecule has 1 amide bonds. The number of methoxy groups -OCH3 is 1. The molecule has 7 heteroatoms. The number of hydrogen-bond donors (Lipinski definition) is 1. The number of carbonyl (C=O) groups is 2. The summed E-state index contributed by atoms with van der Waals surface area (Å²) in [4.78, 5) is 27.2. The molecule has 1 fully saturated rings. The van der Waals surface area contributed by atoms with Gasteiger partial charge in [0.25, 0.3) is 11.7 Å². The second kappa shape index (κ2) is 8.47. The highest BCUT2D eigenvalue weighted by atomic mass is 35.5. The number of aryl methyl sites for hydroxylation is 1. The minimum absolute atomic E-state index is 0.00863. The zero-order chi connectivity index (χ0) is 21.3. The van der Waals surface area contributed by atoms with Gasteiger partial charge in [-0.15, -0.1) is 0 Å². The molecule has 0 aliphatic carbocycles. The van der Waals surface area contributed by atoms with Crippen molar-refractivity contribution < 1.29 is 19.4 Å². The summed E-state index contributed by atoms with van der Waals surface area (Å²) in [5, 5.41) is 11.6. The highest BCUT2D eigenvalue weighted by Gasteiger charge is 2.46. The summed E-state index contributed by atoms with van der Waals surface area (Å²) in [7, 11) is 1.40. The fraction of sp³-hybridized carbons (Fsp3) is 0.273. The molecule has 1 unspecified atom stereocenters. The molecule has 1 aliphatic rings. The van der Waals surface area contributed by atoms with Crippen LogP contribution in [0, 0.1) is 6.92 Å². The first kappa shape index (κ1) is 21.2. The Morgan fingerprint density at radius 3 is 2.55 bits per heavy atom. The van der Waals surface area contributed by atoms with Crippen molar-refractivity contribution in [3.63, 3.8) is 0 Å². The van der Waals surface area contributed by atoms with E-state index < -0.39 is 17.7 Å². The molecule has 1 heterocycles. The zero-order valence-electron chi connectivity index (χ0n) is 16.3. The van der Waals surface area contributed by atoms with Crippen LogP contribution in [0.5, 0.6) is 5.75 Å². The standard InChI is InChI=1S/C22H21Cl2NO4/c1-4-8-25-18(13-7-5-6-12(2)9-13)17(20(27)22(25)28)19(26)15-10-14(23)11-16(24)21(15)29-3/h5-7,9-11,18,26H,4,8H2,1-3H3/b19-17+. The second-order valence-corrected chi connectivity index (χ2v) is 7.72. The van der Waals surface area contributed by atoms with Crippen molar-refractivity contribution in [2.75, 3.05) is 13.7 Å². The molecule has 152 valence electrons. The largest absolute Gasteiger partial charge is 0.507 e. The lowest BCUT2D eigenvalue weighted by molar-refractivity contribution is -0.139. The molecular weight excluding hydrogens is 413 g/mol. The van der Waals surface area contributed by atoms with Gasteiger partial charge in [-0.05, 0) is 31.0 Å². The van der Waals surface area contributed by atoms with Crippen molar-refractivity contribution in [2.24, 2.45) is 0 Å². The first-order chi connectivity index (χ1) is 13.8. The topological polar surface area (TPSA) is 66.8 Å². The van der Waals surface area contributed by atoms with Crippen LogP contribution in [0.25, 0.3) is 5.76 Å². The number of hydrogen-bond acceptors (Lipinski definition) is 4. The fourth-order valence-electron chi connectivity index (χ4n) is 3.63. The predicted molar refractivity (Wildman–Crippen MR) is 113 cm³/mol. The first-order valence-electron chi connectivity index (χ1n) is 9.18. The van der Waals surface area contributed by atoms with Crippen LogP contribution in [0.1, 0.15) is 36.1 Å². The summed E-state index contributed by atoms with van der Waals surface area (Å²) in [6.07, 6.45) is 0.668. The van der Waals surface area contributed by atoms with Crippen molar-refractivity contribution in [3.05, 3.63) is 68.7 Å². The van der Waals surface area contributed by atoms with Gasteiger partial charge in [-0.25, -0.2) is 0 Å². The monoisotopic (exact) mass is 433 g/mol. The van der Waals surface area contributed by atoms with Gasteiger partial charge >= 0.3 is 0 Å². The average molecular weight is 434 g/mol. The summed E-state index contributed by atoms with van der Waals surface area (Å²) >= 11 is 12.3. The maximum Gasteiger partial charge on any atom is 0.295 e. The third-order valence-electron chi connectivity index (χ3n) is 4.83. The molecule has 0 spiro atoms. The van der Waals surface area contributed by atoms with Crippen LogP contribution < -0.4 is 4.74 Å². The Balaban J connectivity index is 2.29. The number of amides is 1. The summed E-state index contributed by atoms with van der Waals surface area (Å²) in [6, 6.07) is 9.74. The number of ether oxygens (including phenoxy) is 1. The van der Waals surface area contributed by atoms with Gasteiger partial charge < -0.3 is 14.7 Å². The number of ketones is 1. The Kier molecular flexibility index (Phi) is 6.20. The quantitative estimate of drug-likeness (QED) is 0.402. The van der Waals surface area contributed by atoms with E-state index in [0.717, 1.165) is 11.1 Å². The number of halogens is 2. The average Bonchev–Trinajstić information content (AvgIpc) is 2.92. The van der Waals surface area contributed by atoms with Crippen LogP contribution in [-0.4, -0.2) is 35.4 Å². The molecule has 1 saturated heterocycles. The number of Topliss-reactive ketones (excluding diaryl/α,β-unsaturated/α-hetero) is 1. The summed E-state index contributed by atoms with van der Waals surface area (Å²) in [5.74, 6) is -1.58. The van der Waals surface area contributed by atoms with Gasteiger partial charge in [0.2, 0.25) is 0 Å². The number of benzene rings is 2. The Bertz CT molecular complexity index is 1020. The number of nitrogens with zero attached hydrogens (tertiary/aromatic N) is 1. The summed E-state index contributed by atoms with van der Waals surface area (Å²) in [5.41, 5.74) is 1.88. The SMILES string of the molecule is CCCN1C(=O)C(=O)/C(=C(/O)c2cc(Cl)cc(Cl)c2OC)C1c1cccc(C)c1. The van der Waals surface area contributed by atoms with Crippen LogP contribution >= 0.6 is 23.2 Å². The molecule has 1 atom stereocenters. The maximum atomic E-state index is 12.9. The van der Waals surface area contributed by atoms with Gasteiger partial charge in [0.05, 0.1) is 29.3 Å². The fourth-order valence-corrected chi connectivity index (χ4v) is 4.20. The van der Waals surface area contributed by atoms with Crippen molar-refractivity contribution in [1.29, 1.82) is 0 Å². The van der Waals surface area contributed by atoms with Crippen molar-refractivity contribution in [2.45, 2.75) is 26.3 Å². The van der Waals surface area contributed by atoms with Crippen LogP contribution in [0.4, 0.5) is 0 Å². The van der Waals surface area contributed by atoms with Crippen LogP contribution in [0.15, 0.2) is 42.0 Å². The van der Waals surface area contributed by atoms with E-state index in [1.54, 1.807) is 0 Å².